The molecule has 1 aliphatic rings. The Balaban J connectivity index is 1.70. The van der Waals surface area contributed by atoms with Crippen molar-refractivity contribution in [3.05, 3.63) is 46.9 Å². The van der Waals surface area contributed by atoms with Crippen molar-refractivity contribution in [3.8, 4) is 0 Å². The molecule has 3 rings (SSSR count). The molecule has 2 heterocycles. The van der Waals surface area contributed by atoms with Gasteiger partial charge in [0, 0.05) is 37.7 Å². The fourth-order valence-electron chi connectivity index (χ4n) is 2.46. The van der Waals surface area contributed by atoms with Crippen LogP contribution in [0.25, 0.3) is 0 Å². The summed E-state index contributed by atoms with van der Waals surface area (Å²) in [4.78, 5) is 1.87. The van der Waals surface area contributed by atoms with Crippen LogP contribution in [0.1, 0.15) is 30.4 Å². The maximum atomic E-state index is 13.7. The quantitative estimate of drug-likeness (QED) is 0.808. The minimum Gasteiger partial charge on any atom is -0.422 e. The van der Waals surface area contributed by atoms with Crippen LogP contribution in [-0.2, 0) is 17.7 Å². The van der Waals surface area contributed by atoms with E-state index in [1.807, 2.05) is 11.8 Å². The monoisotopic (exact) mass is 327 g/mol. The molecule has 5 nitrogen and oxygen atoms in total. The molecule has 1 aromatic heterocycles. The molecule has 0 N–H and O–H groups in total. The highest BCUT2D eigenvalue weighted by Crippen LogP contribution is 2.23. The lowest BCUT2D eigenvalue weighted by Gasteiger charge is -2.31. The van der Waals surface area contributed by atoms with Crippen LogP contribution in [-0.4, -0.2) is 34.8 Å². The fraction of sp³-hybridized carbons (Fsp3) is 0.467. The lowest BCUT2D eigenvalue weighted by atomic mass is 10.1. The van der Waals surface area contributed by atoms with E-state index in [2.05, 4.69) is 10.2 Å². The highest BCUT2D eigenvalue weighted by molar-refractivity contribution is 5.20. The van der Waals surface area contributed by atoms with Crippen molar-refractivity contribution in [2.75, 3.05) is 19.7 Å². The van der Waals surface area contributed by atoms with Gasteiger partial charge in [0.2, 0.25) is 11.8 Å². The van der Waals surface area contributed by atoms with Crippen LogP contribution in [0.4, 0.5) is 13.2 Å². The largest absolute Gasteiger partial charge is 0.422 e. The first-order valence-corrected chi connectivity index (χ1v) is 7.36. The molecular formula is C15H16F3N3O2. The van der Waals surface area contributed by atoms with Gasteiger partial charge >= 0.3 is 0 Å². The maximum Gasteiger partial charge on any atom is 0.246 e. The summed E-state index contributed by atoms with van der Waals surface area (Å²) in [6.07, 6.45) is 0.216. The molecule has 0 spiro atoms. The van der Waals surface area contributed by atoms with Crippen LogP contribution < -0.4 is 0 Å². The average Bonchev–Trinajstić information content (AvgIpc) is 3.02. The van der Waals surface area contributed by atoms with Gasteiger partial charge in [-0.05, 0) is 6.07 Å². The second kappa shape index (κ2) is 6.67. The number of morpholine rings is 1. The van der Waals surface area contributed by atoms with Crippen LogP contribution in [0, 0.1) is 17.5 Å². The molecule has 0 amide bonds. The zero-order chi connectivity index (χ0) is 16.4. The fourth-order valence-corrected chi connectivity index (χ4v) is 2.46. The van der Waals surface area contributed by atoms with Gasteiger partial charge in [-0.1, -0.05) is 6.92 Å². The van der Waals surface area contributed by atoms with Crippen LogP contribution in [0.5, 0.6) is 0 Å². The van der Waals surface area contributed by atoms with Crippen molar-refractivity contribution in [1.82, 2.24) is 15.1 Å². The van der Waals surface area contributed by atoms with Gasteiger partial charge in [0.25, 0.3) is 0 Å². The molecule has 0 unspecified atom stereocenters. The Morgan fingerprint density at radius 1 is 1.17 bits per heavy atom. The summed E-state index contributed by atoms with van der Waals surface area (Å²) < 4.78 is 51.1. The Bertz CT molecular complexity index is 693. The predicted octanol–water partition coefficient (Wildman–Crippen LogP) is 2.62. The first-order chi connectivity index (χ1) is 11.1. The second-order valence-electron chi connectivity index (χ2n) is 5.34. The van der Waals surface area contributed by atoms with Crippen molar-refractivity contribution in [2.45, 2.75) is 26.0 Å². The van der Waals surface area contributed by atoms with Crippen molar-refractivity contribution >= 4 is 0 Å². The van der Waals surface area contributed by atoms with E-state index < -0.39 is 23.6 Å². The van der Waals surface area contributed by atoms with Gasteiger partial charge in [0.1, 0.15) is 11.9 Å². The number of benzene rings is 1. The van der Waals surface area contributed by atoms with Crippen molar-refractivity contribution in [2.24, 2.45) is 0 Å². The van der Waals surface area contributed by atoms with Gasteiger partial charge in [0.15, 0.2) is 11.6 Å². The summed E-state index contributed by atoms with van der Waals surface area (Å²) in [5.74, 6) is -2.12. The molecule has 23 heavy (non-hydrogen) atoms. The summed E-state index contributed by atoms with van der Waals surface area (Å²) in [5.41, 5.74) is 0.101. The van der Waals surface area contributed by atoms with E-state index >= 15 is 0 Å². The molecule has 1 aliphatic heterocycles. The average molecular weight is 327 g/mol. The third-order valence-electron chi connectivity index (χ3n) is 3.69. The first kappa shape index (κ1) is 15.9. The molecule has 0 radical (unpaired) electrons. The number of ether oxygens (including phenoxy) is 1. The zero-order valence-corrected chi connectivity index (χ0v) is 12.6. The topological polar surface area (TPSA) is 51.4 Å². The normalized spacial score (nSPS) is 19.2. The predicted molar refractivity (Wildman–Crippen MR) is 74.0 cm³/mol. The molecule has 2 aromatic rings. The van der Waals surface area contributed by atoms with Gasteiger partial charge in [-0.3, -0.25) is 4.90 Å². The van der Waals surface area contributed by atoms with Gasteiger partial charge in [-0.2, -0.15) is 0 Å². The number of hydrogen-bond donors (Lipinski definition) is 0. The third kappa shape index (κ3) is 3.53. The molecule has 0 aliphatic carbocycles. The van der Waals surface area contributed by atoms with Crippen LogP contribution in [0.3, 0.4) is 0 Å². The summed E-state index contributed by atoms with van der Waals surface area (Å²) in [6.45, 7) is 3.40. The minimum atomic E-state index is -1.19. The molecule has 1 atom stereocenters. The van der Waals surface area contributed by atoms with E-state index in [9.17, 15) is 13.2 Å². The van der Waals surface area contributed by atoms with Gasteiger partial charge in [-0.25, -0.2) is 13.2 Å². The lowest BCUT2D eigenvalue weighted by Crippen LogP contribution is -2.38. The Kier molecular flexibility index (Phi) is 4.63. The first-order valence-electron chi connectivity index (χ1n) is 7.36. The molecule has 1 aromatic carbocycles. The Hall–Kier alpha value is -1.93. The van der Waals surface area contributed by atoms with E-state index in [4.69, 9.17) is 9.15 Å². The number of hydrogen-bond acceptors (Lipinski definition) is 5. The zero-order valence-electron chi connectivity index (χ0n) is 12.6. The Morgan fingerprint density at radius 2 is 1.96 bits per heavy atom. The summed E-state index contributed by atoms with van der Waals surface area (Å²) in [6, 6.07) is 1.45. The molecule has 0 saturated carbocycles. The summed E-state index contributed by atoms with van der Waals surface area (Å²) >= 11 is 0. The molecule has 0 bridgehead atoms. The SMILES string of the molecule is CCc1nnc([C@H]2CN(Cc3cc(F)c(F)cc3F)CCO2)o1. The molecular weight excluding hydrogens is 311 g/mol. The molecule has 1 saturated heterocycles. The minimum absolute atomic E-state index is 0.101. The molecule has 1 fully saturated rings. The maximum absolute atomic E-state index is 13.7. The van der Waals surface area contributed by atoms with Crippen LogP contribution >= 0.6 is 0 Å². The number of nitrogens with zero attached hydrogens (tertiary/aromatic N) is 3. The summed E-state index contributed by atoms with van der Waals surface area (Å²) in [7, 11) is 0. The van der Waals surface area contributed by atoms with E-state index in [1.54, 1.807) is 0 Å². The number of halogens is 3. The van der Waals surface area contributed by atoms with E-state index in [1.165, 1.54) is 0 Å². The van der Waals surface area contributed by atoms with Gasteiger partial charge in [0.05, 0.1) is 6.61 Å². The van der Waals surface area contributed by atoms with Crippen LogP contribution in [0.15, 0.2) is 16.5 Å². The van der Waals surface area contributed by atoms with E-state index in [-0.39, 0.29) is 12.1 Å². The Labute approximate surface area is 131 Å². The number of rotatable bonds is 4. The highest BCUT2D eigenvalue weighted by atomic mass is 19.2. The highest BCUT2D eigenvalue weighted by Gasteiger charge is 2.27. The van der Waals surface area contributed by atoms with E-state index in [0.29, 0.717) is 44.0 Å². The lowest BCUT2D eigenvalue weighted by molar-refractivity contribution is -0.0460. The molecule has 8 heteroatoms. The Morgan fingerprint density at radius 3 is 2.70 bits per heavy atom. The standard InChI is InChI=1S/C15H16F3N3O2/c1-2-14-19-20-15(23-14)13-8-21(3-4-22-13)7-9-5-11(17)12(18)6-10(9)16/h5-6,13H,2-4,7-8H2,1H3/t13-/m1/s1. The van der Waals surface area contributed by atoms with Gasteiger partial charge < -0.3 is 9.15 Å². The molecule has 124 valence electrons. The third-order valence-corrected chi connectivity index (χ3v) is 3.69. The van der Waals surface area contributed by atoms with Gasteiger partial charge in [-0.15, -0.1) is 10.2 Å². The second-order valence-corrected chi connectivity index (χ2v) is 5.34. The van der Waals surface area contributed by atoms with E-state index in [0.717, 1.165) is 6.07 Å². The van der Waals surface area contributed by atoms with Crippen molar-refractivity contribution < 1.29 is 22.3 Å². The number of aryl methyl sites for hydroxylation is 1. The van der Waals surface area contributed by atoms with Crippen LogP contribution in [0.2, 0.25) is 0 Å². The smallest absolute Gasteiger partial charge is 0.246 e. The van der Waals surface area contributed by atoms with Crippen molar-refractivity contribution in [3.63, 3.8) is 0 Å². The number of aromatic nitrogens is 2. The summed E-state index contributed by atoms with van der Waals surface area (Å²) in [5, 5.41) is 7.83. The van der Waals surface area contributed by atoms with Crippen molar-refractivity contribution in [1.29, 1.82) is 0 Å².